The molecule has 32 heavy (non-hydrogen) atoms. The lowest BCUT2D eigenvalue weighted by Crippen LogP contribution is -2.44. The SMILES string of the molecule is C=c1cnc(-c2nc(-c3cccc(C)n3)ccc2N)c/c1=C(/C=C\C)N1CCC[C@H](N)C1. The maximum absolute atomic E-state index is 6.33. The van der Waals surface area contributed by atoms with E-state index in [-0.39, 0.29) is 6.04 Å². The minimum atomic E-state index is 0.175. The maximum atomic E-state index is 6.33. The lowest BCUT2D eigenvalue weighted by atomic mass is 10.0. The Hall–Kier alpha value is -3.51. The summed E-state index contributed by atoms with van der Waals surface area (Å²) in [7, 11) is 0. The van der Waals surface area contributed by atoms with Crippen LogP contribution in [0.2, 0.25) is 0 Å². The highest BCUT2D eigenvalue weighted by Crippen LogP contribution is 2.25. The molecular weight excluding hydrogens is 396 g/mol. The molecule has 1 aliphatic heterocycles. The number of hydrogen-bond donors (Lipinski definition) is 2. The van der Waals surface area contributed by atoms with Gasteiger partial charge < -0.3 is 16.4 Å². The van der Waals surface area contributed by atoms with Gasteiger partial charge in [0.25, 0.3) is 0 Å². The van der Waals surface area contributed by atoms with Crippen LogP contribution in [0.3, 0.4) is 0 Å². The second-order valence-electron chi connectivity index (χ2n) is 8.26. The minimum absolute atomic E-state index is 0.175. The summed E-state index contributed by atoms with van der Waals surface area (Å²) in [6.07, 6.45) is 8.09. The number of aryl methyl sites for hydroxylation is 1. The van der Waals surface area contributed by atoms with Crippen LogP contribution in [-0.2, 0) is 0 Å². The quantitative estimate of drug-likeness (QED) is 0.666. The van der Waals surface area contributed by atoms with E-state index >= 15 is 0 Å². The molecule has 1 saturated heterocycles. The first-order valence-electron chi connectivity index (χ1n) is 11.0. The van der Waals surface area contributed by atoms with Crippen molar-refractivity contribution in [1.82, 2.24) is 19.9 Å². The molecule has 0 bridgehead atoms. The number of aromatic nitrogens is 3. The van der Waals surface area contributed by atoms with Crippen molar-refractivity contribution in [2.24, 2.45) is 5.73 Å². The molecule has 1 atom stereocenters. The van der Waals surface area contributed by atoms with Gasteiger partial charge in [-0.3, -0.25) is 9.97 Å². The van der Waals surface area contributed by atoms with E-state index in [1.165, 1.54) is 0 Å². The van der Waals surface area contributed by atoms with E-state index < -0.39 is 0 Å². The van der Waals surface area contributed by atoms with Crippen molar-refractivity contribution in [2.45, 2.75) is 32.7 Å². The van der Waals surface area contributed by atoms with E-state index in [1.807, 2.05) is 56.3 Å². The van der Waals surface area contributed by atoms with Gasteiger partial charge in [-0.15, -0.1) is 0 Å². The fourth-order valence-corrected chi connectivity index (χ4v) is 4.11. The molecule has 164 valence electrons. The molecule has 0 aliphatic carbocycles. The molecule has 0 saturated carbocycles. The molecule has 4 heterocycles. The van der Waals surface area contributed by atoms with Gasteiger partial charge in [-0.1, -0.05) is 18.7 Å². The number of allylic oxidation sites excluding steroid dienone is 1. The summed E-state index contributed by atoms with van der Waals surface area (Å²) in [4.78, 5) is 16.4. The number of nitrogen functional groups attached to an aromatic ring is 1. The summed E-state index contributed by atoms with van der Waals surface area (Å²) in [6.45, 7) is 10.0. The Morgan fingerprint density at radius 1 is 1.16 bits per heavy atom. The van der Waals surface area contributed by atoms with Crippen LogP contribution in [0.25, 0.3) is 35.1 Å². The second-order valence-corrected chi connectivity index (χ2v) is 8.26. The highest BCUT2D eigenvalue weighted by Gasteiger charge is 2.18. The zero-order valence-corrected chi connectivity index (χ0v) is 18.8. The van der Waals surface area contributed by atoms with Crippen LogP contribution in [0.4, 0.5) is 5.69 Å². The molecule has 4 rings (SSSR count). The summed E-state index contributed by atoms with van der Waals surface area (Å²) >= 11 is 0. The normalized spacial score (nSPS) is 17.6. The first-order chi connectivity index (χ1) is 15.5. The predicted octanol–water partition coefficient (Wildman–Crippen LogP) is 2.61. The van der Waals surface area contributed by atoms with Crippen LogP contribution in [-0.4, -0.2) is 39.0 Å². The summed E-state index contributed by atoms with van der Waals surface area (Å²) in [5, 5.41) is 1.87. The zero-order chi connectivity index (χ0) is 22.7. The second kappa shape index (κ2) is 9.32. The van der Waals surface area contributed by atoms with Gasteiger partial charge in [-0.05, 0) is 68.3 Å². The number of piperidine rings is 1. The number of nitrogens with zero attached hydrogens (tertiary/aromatic N) is 4. The Balaban J connectivity index is 1.86. The van der Waals surface area contributed by atoms with Crippen molar-refractivity contribution in [3.8, 4) is 22.8 Å². The van der Waals surface area contributed by atoms with Gasteiger partial charge in [0.05, 0.1) is 22.8 Å². The van der Waals surface area contributed by atoms with Crippen molar-refractivity contribution >= 4 is 18.0 Å². The molecule has 0 unspecified atom stereocenters. The highest BCUT2D eigenvalue weighted by atomic mass is 15.2. The summed E-state index contributed by atoms with van der Waals surface area (Å²) in [5.41, 5.74) is 18.1. The summed E-state index contributed by atoms with van der Waals surface area (Å²) in [6, 6.07) is 11.9. The molecule has 0 aromatic carbocycles. The van der Waals surface area contributed by atoms with Crippen LogP contribution >= 0.6 is 0 Å². The van der Waals surface area contributed by atoms with Gasteiger partial charge in [-0.2, -0.15) is 0 Å². The molecule has 6 nitrogen and oxygen atoms in total. The van der Waals surface area contributed by atoms with E-state index in [9.17, 15) is 0 Å². The lowest BCUT2D eigenvalue weighted by molar-refractivity contribution is 0.295. The van der Waals surface area contributed by atoms with Crippen LogP contribution in [0.5, 0.6) is 0 Å². The Morgan fingerprint density at radius 3 is 2.72 bits per heavy atom. The topological polar surface area (TPSA) is 93.9 Å². The van der Waals surface area contributed by atoms with Crippen molar-refractivity contribution in [2.75, 3.05) is 18.8 Å². The third-order valence-electron chi connectivity index (χ3n) is 5.71. The van der Waals surface area contributed by atoms with Gasteiger partial charge in [0, 0.05) is 41.9 Å². The van der Waals surface area contributed by atoms with Crippen molar-refractivity contribution in [1.29, 1.82) is 0 Å². The Morgan fingerprint density at radius 2 is 1.97 bits per heavy atom. The van der Waals surface area contributed by atoms with E-state index in [4.69, 9.17) is 16.5 Å². The van der Waals surface area contributed by atoms with E-state index in [1.54, 1.807) is 6.20 Å². The lowest BCUT2D eigenvalue weighted by Gasteiger charge is -2.33. The Bertz CT molecular complexity index is 1260. The highest BCUT2D eigenvalue weighted by molar-refractivity contribution is 5.73. The van der Waals surface area contributed by atoms with Crippen molar-refractivity contribution in [3.05, 3.63) is 70.9 Å². The smallest absolute Gasteiger partial charge is 0.112 e. The van der Waals surface area contributed by atoms with Crippen LogP contribution in [0.1, 0.15) is 25.5 Å². The van der Waals surface area contributed by atoms with E-state index in [2.05, 4.69) is 27.5 Å². The standard InChI is InChI=1S/C26H30N6/c1-4-7-25(32-13-6-9-19(27)16-32)20-14-24(29-15-17(20)2)26-21(28)11-12-23(31-26)22-10-5-8-18(3)30-22/h4-5,7-8,10-12,14-15,19H,2,6,9,13,16,27-28H2,1,3H3/b7-4-,25-20+/t19-/m0/s1. The molecule has 3 aromatic heterocycles. The third kappa shape index (κ3) is 4.55. The van der Waals surface area contributed by atoms with Crippen LogP contribution < -0.4 is 21.9 Å². The number of hydrogen-bond acceptors (Lipinski definition) is 6. The van der Waals surface area contributed by atoms with Crippen LogP contribution in [0.15, 0.2) is 54.7 Å². The molecule has 0 spiro atoms. The van der Waals surface area contributed by atoms with Crippen molar-refractivity contribution < 1.29 is 0 Å². The molecule has 3 aromatic rings. The fraction of sp³-hybridized carbons (Fsp3) is 0.269. The van der Waals surface area contributed by atoms with E-state index in [0.29, 0.717) is 17.1 Å². The minimum Gasteiger partial charge on any atom is -0.397 e. The number of rotatable bonds is 4. The monoisotopic (exact) mass is 426 g/mol. The molecule has 0 radical (unpaired) electrons. The van der Waals surface area contributed by atoms with Gasteiger partial charge in [-0.25, -0.2) is 4.98 Å². The maximum Gasteiger partial charge on any atom is 0.112 e. The van der Waals surface area contributed by atoms with Gasteiger partial charge in [0.1, 0.15) is 5.69 Å². The van der Waals surface area contributed by atoms with Gasteiger partial charge >= 0.3 is 0 Å². The molecular formula is C26H30N6. The van der Waals surface area contributed by atoms with E-state index in [0.717, 1.165) is 59.1 Å². The average Bonchev–Trinajstić information content (AvgIpc) is 2.78. The van der Waals surface area contributed by atoms with Gasteiger partial charge in [0.2, 0.25) is 0 Å². The number of anilines is 1. The molecule has 0 amide bonds. The van der Waals surface area contributed by atoms with Crippen LogP contribution in [0, 0.1) is 6.92 Å². The number of likely N-dealkylation sites (tertiary alicyclic amines) is 1. The predicted molar refractivity (Wildman–Crippen MR) is 132 cm³/mol. The average molecular weight is 427 g/mol. The first-order valence-corrected chi connectivity index (χ1v) is 11.0. The first kappa shape index (κ1) is 21.7. The summed E-state index contributed by atoms with van der Waals surface area (Å²) in [5.74, 6) is 0. The number of nitrogens with two attached hydrogens (primary N) is 2. The Labute approximate surface area is 189 Å². The molecule has 1 fully saturated rings. The fourth-order valence-electron chi connectivity index (χ4n) is 4.11. The molecule has 1 aliphatic rings. The summed E-state index contributed by atoms with van der Waals surface area (Å²) < 4.78 is 0. The zero-order valence-electron chi connectivity index (χ0n) is 18.8. The van der Waals surface area contributed by atoms with Crippen molar-refractivity contribution in [3.63, 3.8) is 0 Å². The number of pyridine rings is 3. The molecule has 6 heteroatoms. The Kier molecular flexibility index (Phi) is 6.32. The molecule has 4 N–H and O–H groups in total. The van der Waals surface area contributed by atoms with Gasteiger partial charge in [0.15, 0.2) is 0 Å². The largest absolute Gasteiger partial charge is 0.397 e. The third-order valence-corrected chi connectivity index (χ3v) is 5.71.